The topological polar surface area (TPSA) is 41.6 Å². The predicted octanol–water partition coefficient (Wildman–Crippen LogP) is 0.620. The molecule has 0 aromatic heterocycles. The van der Waals surface area contributed by atoms with Crippen molar-refractivity contribution in [3.8, 4) is 0 Å². The first-order valence-electron chi connectivity index (χ1n) is 5.58. The van der Waals surface area contributed by atoms with Gasteiger partial charge in [-0.1, -0.05) is 0 Å². The molecule has 0 saturated carbocycles. The van der Waals surface area contributed by atoms with Gasteiger partial charge in [0, 0.05) is 25.7 Å². The molecule has 0 aromatic rings. The van der Waals surface area contributed by atoms with Crippen molar-refractivity contribution >= 4 is 5.91 Å². The van der Waals surface area contributed by atoms with Crippen molar-refractivity contribution < 1.29 is 9.53 Å². The molecular weight excluding hydrogens is 192 g/mol. The Morgan fingerprint density at radius 1 is 1.60 bits per heavy atom. The second-order valence-corrected chi connectivity index (χ2v) is 4.44. The number of hydrogen-bond donors (Lipinski definition) is 1. The fraction of sp³-hybridized carbons (Fsp3) is 0.909. The summed E-state index contributed by atoms with van der Waals surface area (Å²) in [7, 11) is 3.68. The SMILES string of the molecule is COC(C)C(=O)NC1CCN(C)C(C)C1. The molecular formula is C11H22N2O2. The van der Waals surface area contributed by atoms with E-state index in [2.05, 4.69) is 24.2 Å². The van der Waals surface area contributed by atoms with Crippen LogP contribution in [0.5, 0.6) is 0 Å². The average Bonchev–Trinajstić information content (AvgIpc) is 2.22. The number of carbonyl (C=O) groups excluding carboxylic acids is 1. The van der Waals surface area contributed by atoms with Gasteiger partial charge in [0.05, 0.1) is 0 Å². The van der Waals surface area contributed by atoms with Crippen LogP contribution in [0, 0.1) is 0 Å². The van der Waals surface area contributed by atoms with Crippen molar-refractivity contribution in [3.05, 3.63) is 0 Å². The molecule has 1 saturated heterocycles. The third-order valence-electron chi connectivity index (χ3n) is 3.28. The summed E-state index contributed by atoms with van der Waals surface area (Å²) in [6.07, 6.45) is 1.71. The van der Waals surface area contributed by atoms with Crippen LogP contribution in [-0.2, 0) is 9.53 Å². The average molecular weight is 214 g/mol. The highest BCUT2D eigenvalue weighted by Crippen LogP contribution is 2.15. The Morgan fingerprint density at radius 3 is 2.80 bits per heavy atom. The van der Waals surface area contributed by atoms with E-state index in [0.717, 1.165) is 19.4 Å². The smallest absolute Gasteiger partial charge is 0.249 e. The summed E-state index contributed by atoms with van der Waals surface area (Å²) in [6.45, 7) is 5.01. The Morgan fingerprint density at radius 2 is 2.27 bits per heavy atom. The van der Waals surface area contributed by atoms with Crippen LogP contribution in [0.3, 0.4) is 0 Å². The van der Waals surface area contributed by atoms with Gasteiger partial charge >= 0.3 is 0 Å². The molecule has 15 heavy (non-hydrogen) atoms. The minimum absolute atomic E-state index is 0.000692. The highest BCUT2D eigenvalue weighted by Gasteiger charge is 2.25. The fourth-order valence-electron chi connectivity index (χ4n) is 1.85. The predicted molar refractivity (Wildman–Crippen MR) is 59.7 cm³/mol. The van der Waals surface area contributed by atoms with Gasteiger partial charge < -0.3 is 15.0 Å². The van der Waals surface area contributed by atoms with E-state index in [1.54, 1.807) is 14.0 Å². The summed E-state index contributed by atoms with van der Waals surface area (Å²) >= 11 is 0. The van der Waals surface area contributed by atoms with Crippen LogP contribution < -0.4 is 5.32 Å². The quantitative estimate of drug-likeness (QED) is 0.749. The number of nitrogens with one attached hydrogen (secondary N) is 1. The Kier molecular flexibility index (Phi) is 4.54. The van der Waals surface area contributed by atoms with E-state index in [-0.39, 0.29) is 12.0 Å². The van der Waals surface area contributed by atoms with Crippen LogP contribution in [0.25, 0.3) is 0 Å². The summed E-state index contributed by atoms with van der Waals surface area (Å²) in [6, 6.07) is 0.850. The molecule has 4 heteroatoms. The number of nitrogens with zero attached hydrogens (tertiary/aromatic N) is 1. The lowest BCUT2D eigenvalue weighted by atomic mass is 9.99. The lowest BCUT2D eigenvalue weighted by molar-refractivity contribution is -0.131. The second kappa shape index (κ2) is 5.47. The summed E-state index contributed by atoms with van der Waals surface area (Å²) < 4.78 is 4.98. The van der Waals surface area contributed by atoms with Gasteiger partial charge in [-0.3, -0.25) is 4.79 Å². The molecule has 1 rings (SSSR count). The van der Waals surface area contributed by atoms with Gasteiger partial charge in [0.15, 0.2) is 0 Å². The summed E-state index contributed by atoms with van der Waals surface area (Å²) in [5.74, 6) is -0.000692. The first-order valence-corrected chi connectivity index (χ1v) is 5.58. The fourth-order valence-corrected chi connectivity index (χ4v) is 1.85. The van der Waals surface area contributed by atoms with Crippen molar-refractivity contribution in [1.29, 1.82) is 0 Å². The molecule has 0 radical (unpaired) electrons. The Hall–Kier alpha value is -0.610. The molecule has 3 atom stereocenters. The molecule has 1 amide bonds. The second-order valence-electron chi connectivity index (χ2n) is 4.44. The standard InChI is InChI=1S/C11H22N2O2/c1-8-7-10(5-6-13(8)3)12-11(14)9(2)15-4/h8-10H,5-7H2,1-4H3,(H,12,14). The van der Waals surface area contributed by atoms with E-state index in [1.165, 1.54) is 0 Å². The maximum atomic E-state index is 11.6. The number of amides is 1. The largest absolute Gasteiger partial charge is 0.372 e. The molecule has 0 aliphatic carbocycles. The van der Waals surface area contributed by atoms with E-state index in [0.29, 0.717) is 12.1 Å². The zero-order chi connectivity index (χ0) is 11.4. The van der Waals surface area contributed by atoms with Gasteiger partial charge in [-0.15, -0.1) is 0 Å². The first kappa shape index (κ1) is 12.5. The number of carbonyl (C=O) groups is 1. The van der Waals surface area contributed by atoms with Crippen LogP contribution in [0.15, 0.2) is 0 Å². The highest BCUT2D eigenvalue weighted by atomic mass is 16.5. The molecule has 1 fully saturated rings. The maximum absolute atomic E-state index is 11.6. The first-order chi connectivity index (χ1) is 7.04. The lowest BCUT2D eigenvalue weighted by Crippen LogP contribution is -2.49. The van der Waals surface area contributed by atoms with Gasteiger partial charge in [-0.2, -0.15) is 0 Å². The van der Waals surface area contributed by atoms with E-state index >= 15 is 0 Å². The molecule has 88 valence electrons. The molecule has 1 heterocycles. The van der Waals surface area contributed by atoms with Crippen LogP contribution in [-0.4, -0.2) is 49.7 Å². The highest BCUT2D eigenvalue weighted by molar-refractivity contribution is 5.80. The van der Waals surface area contributed by atoms with Gasteiger partial charge in [0.2, 0.25) is 5.91 Å². The molecule has 1 aliphatic rings. The summed E-state index contributed by atoms with van der Waals surface area (Å²) in [5.41, 5.74) is 0. The minimum atomic E-state index is -0.347. The Labute approximate surface area is 92.0 Å². The molecule has 1 aliphatic heterocycles. The van der Waals surface area contributed by atoms with E-state index in [1.807, 2.05) is 0 Å². The summed E-state index contributed by atoms with van der Waals surface area (Å²) in [5, 5.41) is 3.03. The number of rotatable bonds is 3. The maximum Gasteiger partial charge on any atom is 0.249 e. The number of ether oxygens (including phenoxy) is 1. The molecule has 3 unspecified atom stereocenters. The number of methoxy groups -OCH3 is 1. The molecule has 0 spiro atoms. The Bertz CT molecular complexity index is 221. The van der Waals surface area contributed by atoms with Crippen molar-refractivity contribution in [2.75, 3.05) is 20.7 Å². The van der Waals surface area contributed by atoms with E-state index in [4.69, 9.17) is 4.74 Å². The number of hydrogen-bond acceptors (Lipinski definition) is 3. The monoisotopic (exact) mass is 214 g/mol. The van der Waals surface area contributed by atoms with Crippen LogP contribution in [0.4, 0.5) is 0 Å². The normalized spacial score (nSPS) is 29.9. The zero-order valence-electron chi connectivity index (χ0n) is 10.1. The van der Waals surface area contributed by atoms with E-state index < -0.39 is 0 Å². The number of likely N-dealkylation sites (tertiary alicyclic amines) is 1. The van der Waals surface area contributed by atoms with E-state index in [9.17, 15) is 4.79 Å². The van der Waals surface area contributed by atoms with Crippen molar-refractivity contribution in [2.45, 2.75) is 44.9 Å². The van der Waals surface area contributed by atoms with Gasteiger partial charge in [-0.05, 0) is 33.7 Å². The van der Waals surface area contributed by atoms with Crippen LogP contribution >= 0.6 is 0 Å². The molecule has 0 aromatic carbocycles. The van der Waals surface area contributed by atoms with Gasteiger partial charge in [0.1, 0.15) is 6.10 Å². The van der Waals surface area contributed by atoms with Crippen molar-refractivity contribution in [2.24, 2.45) is 0 Å². The number of piperidine rings is 1. The molecule has 4 nitrogen and oxygen atoms in total. The molecule has 0 bridgehead atoms. The lowest BCUT2D eigenvalue weighted by Gasteiger charge is -2.35. The van der Waals surface area contributed by atoms with Gasteiger partial charge in [0.25, 0.3) is 0 Å². The van der Waals surface area contributed by atoms with Crippen molar-refractivity contribution in [1.82, 2.24) is 10.2 Å². The third-order valence-corrected chi connectivity index (χ3v) is 3.28. The Balaban J connectivity index is 2.36. The van der Waals surface area contributed by atoms with Crippen LogP contribution in [0.2, 0.25) is 0 Å². The minimum Gasteiger partial charge on any atom is -0.372 e. The van der Waals surface area contributed by atoms with Crippen molar-refractivity contribution in [3.63, 3.8) is 0 Å². The zero-order valence-corrected chi connectivity index (χ0v) is 10.1. The molecule has 1 N–H and O–H groups in total. The van der Waals surface area contributed by atoms with Gasteiger partial charge in [-0.25, -0.2) is 0 Å². The van der Waals surface area contributed by atoms with Crippen LogP contribution in [0.1, 0.15) is 26.7 Å². The summed E-state index contributed by atoms with van der Waals surface area (Å²) in [4.78, 5) is 13.9. The third kappa shape index (κ3) is 3.47.